The summed E-state index contributed by atoms with van der Waals surface area (Å²) >= 11 is 1.76. The highest BCUT2D eigenvalue weighted by Gasteiger charge is 2.17. The van der Waals surface area contributed by atoms with Gasteiger partial charge in [-0.25, -0.2) is 4.99 Å². The molecule has 0 spiro atoms. The van der Waals surface area contributed by atoms with E-state index in [0.29, 0.717) is 25.2 Å². The number of nitrogens with zero attached hydrogens (tertiary/aromatic N) is 2. The van der Waals surface area contributed by atoms with Gasteiger partial charge in [0.05, 0.1) is 6.54 Å². The topological polar surface area (TPSA) is 72.1 Å². The number of guanidine groups is 1. The minimum Gasteiger partial charge on any atom is -0.492 e. The van der Waals surface area contributed by atoms with Gasteiger partial charge in [0, 0.05) is 37.2 Å². The first-order chi connectivity index (χ1) is 14.2. The summed E-state index contributed by atoms with van der Waals surface area (Å²) in [5, 5.41) is 5.26. The second-order valence-electron chi connectivity index (χ2n) is 7.28. The zero-order valence-corrected chi connectivity index (χ0v) is 20.7. The van der Waals surface area contributed by atoms with Crippen LogP contribution in [0.4, 0.5) is 0 Å². The van der Waals surface area contributed by atoms with E-state index in [1.165, 1.54) is 4.88 Å². The van der Waals surface area contributed by atoms with E-state index < -0.39 is 0 Å². The lowest BCUT2D eigenvalue weighted by molar-refractivity contribution is 0.0392. The van der Waals surface area contributed by atoms with E-state index in [1.807, 2.05) is 24.3 Å². The van der Waals surface area contributed by atoms with Crippen LogP contribution in [0.15, 0.2) is 46.8 Å². The number of thiophene rings is 1. The maximum Gasteiger partial charge on any atom is 0.188 e. The number of likely N-dealkylation sites (N-methyl/N-ethyl adjacent to an activating group) is 1. The first-order valence-electron chi connectivity index (χ1n) is 10.3. The van der Waals surface area contributed by atoms with E-state index >= 15 is 0 Å². The minimum atomic E-state index is 0. The fourth-order valence-corrected chi connectivity index (χ4v) is 4.06. The molecule has 1 aromatic carbocycles. The summed E-state index contributed by atoms with van der Waals surface area (Å²) in [5.74, 6) is 1.35. The Bertz CT molecular complexity index is 751. The van der Waals surface area contributed by atoms with Crippen LogP contribution in [0.1, 0.15) is 23.3 Å². The summed E-state index contributed by atoms with van der Waals surface area (Å²) < 4.78 is 11.4. The third-order valence-electron chi connectivity index (χ3n) is 5.11. The van der Waals surface area contributed by atoms with Crippen LogP contribution in [-0.2, 0) is 17.7 Å². The average Bonchev–Trinajstić information content (AvgIpc) is 3.27. The SMILES string of the molecule is CN(CCOc1cccc(CN=C(N)NCCc2cccs2)c1)C1CCOCC1.I. The highest BCUT2D eigenvalue weighted by atomic mass is 127. The van der Waals surface area contributed by atoms with E-state index in [0.717, 1.165) is 56.9 Å². The largest absolute Gasteiger partial charge is 0.492 e. The number of nitrogens with two attached hydrogens (primary N) is 1. The number of nitrogens with one attached hydrogen (secondary N) is 1. The predicted molar refractivity (Wildman–Crippen MR) is 135 cm³/mol. The zero-order chi connectivity index (χ0) is 20.3. The Morgan fingerprint density at radius 1 is 1.30 bits per heavy atom. The van der Waals surface area contributed by atoms with Crippen LogP contribution in [0.25, 0.3) is 0 Å². The minimum absolute atomic E-state index is 0. The Kier molecular flexibility index (Phi) is 11.5. The van der Waals surface area contributed by atoms with Crippen molar-refractivity contribution in [2.24, 2.45) is 10.7 Å². The number of aliphatic imine (C=N–C) groups is 1. The van der Waals surface area contributed by atoms with Crippen molar-refractivity contribution in [1.82, 2.24) is 10.2 Å². The van der Waals surface area contributed by atoms with Gasteiger partial charge in [-0.2, -0.15) is 0 Å². The third kappa shape index (κ3) is 8.79. The molecule has 0 bridgehead atoms. The van der Waals surface area contributed by atoms with Gasteiger partial charge >= 0.3 is 0 Å². The number of hydrogen-bond acceptors (Lipinski definition) is 5. The van der Waals surface area contributed by atoms with Crippen LogP contribution < -0.4 is 15.8 Å². The summed E-state index contributed by atoms with van der Waals surface area (Å²) in [6.45, 7) is 4.65. The number of benzene rings is 1. The van der Waals surface area contributed by atoms with Gasteiger partial charge in [0.15, 0.2) is 5.96 Å². The zero-order valence-electron chi connectivity index (χ0n) is 17.6. The molecule has 3 N–H and O–H groups in total. The third-order valence-corrected chi connectivity index (χ3v) is 6.05. The molecular weight excluding hydrogens is 511 g/mol. The summed E-state index contributed by atoms with van der Waals surface area (Å²) in [7, 11) is 2.17. The molecule has 1 aliphatic rings. The van der Waals surface area contributed by atoms with Crippen molar-refractivity contribution in [2.45, 2.75) is 31.8 Å². The molecule has 0 saturated carbocycles. The molecule has 0 radical (unpaired) electrons. The molecule has 0 unspecified atom stereocenters. The van der Waals surface area contributed by atoms with Crippen LogP contribution in [-0.4, -0.2) is 56.9 Å². The molecule has 0 atom stereocenters. The predicted octanol–water partition coefficient (Wildman–Crippen LogP) is 3.50. The summed E-state index contributed by atoms with van der Waals surface area (Å²) in [4.78, 5) is 8.15. The van der Waals surface area contributed by atoms with Gasteiger partial charge in [0.2, 0.25) is 0 Å². The van der Waals surface area contributed by atoms with E-state index in [-0.39, 0.29) is 24.0 Å². The number of ether oxygens (including phenoxy) is 2. The van der Waals surface area contributed by atoms with Crippen LogP contribution in [0.3, 0.4) is 0 Å². The number of halogens is 1. The van der Waals surface area contributed by atoms with Gasteiger partial charge < -0.3 is 20.5 Å². The molecular formula is C22H33IN4O2S. The molecule has 2 heterocycles. The van der Waals surface area contributed by atoms with Crippen LogP contribution >= 0.6 is 35.3 Å². The lowest BCUT2D eigenvalue weighted by Crippen LogP contribution is -2.38. The van der Waals surface area contributed by atoms with E-state index in [9.17, 15) is 0 Å². The van der Waals surface area contributed by atoms with Gasteiger partial charge in [-0.1, -0.05) is 18.2 Å². The molecule has 166 valence electrons. The van der Waals surface area contributed by atoms with E-state index in [2.05, 4.69) is 39.8 Å². The lowest BCUT2D eigenvalue weighted by atomic mass is 10.1. The van der Waals surface area contributed by atoms with Gasteiger partial charge in [-0.15, -0.1) is 35.3 Å². The Morgan fingerprint density at radius 2 is 2.13 bits per heavy atom. The highest BCUT2D eigenvalue weighted by molar-refractivity contribution is 14.0. The molecule has 30 heavy (non-hydrogen) atoms. The second-order valence-corrected chi connectivity index (χ2v) is 8.31. The maximum absolute atomic E-state index is 5.98. The van der Waals surface area contributed by atoms with Gasteiger partial charge in [0.1, 0.15) is 12.4 Å². The normalized spacial score (nSPS) is 15.1. The molecule has 0 aliphatic carbocycles. The van der Waals surface area contributed by atoms with Crippen LogP contribution in [0, 0.1) is 0 Å². The molecule has 6 nitrogen and oxygen atoms in total. The quantitative estimate of drug-likeness (QED) is 0.272. The molecule has 3 rings (SSSR count). The van der Waals surface area contributed by atoms with Crippen LogP contribution in [0.5, 0.6) is 5.75 Å². The second kappa shape index (κ2) is 13.8. The fraction of sp³-hybridized carbons (Fsp3) is 0.500. The fourth-order valence-electron chi connectivity index (χ4n) is 3.35. The van der Waals surface area contributed by atoms with Gasteiger partial charge in [-0.05, 0) is 55.5 Å². The first-order valence-corrected chi connectivity index (χ1v) is 11.1. The average molecular weight is 545 g/mol. The van der Waals surface area contributed by atoms with Crippen molar-refractivity contribution < 1.29 is 9.47 Å². The Labute approximate surface area is 200 Å². The monoisotopic (exact) mass is 544 g/mol. The molecule has 2 aromatic rings. The number of rotatable bonds is 10. The first kappa shape index (κ1) is 24.9. The Morgan fingerprint density at radius 3 is 2.90 bits per heavy atom. The molecule has 1 fully saturated rings. The Balaban J connectivity index is 0.00000320. The van der Waals surface area contributed by atoms with E-state index in [4.69, 9.17) is 15.2 Å². The molecule has 1 aliphatic heterocycles. The van der Waals surface area contributed by atoms with E-state index in [1.54, 1.807) is 11.3 Å². The summed E-state index contributed by atoms with van der Waals surface area (Å²) in [5.41, 5.74) is 7.07. The molecule has 1 saturated heterocycles. The summed E-state index contributed by atoms with van der Waals surface area (Å²) in [6, 6.07) is 12.9. The summed E-state index contributed by atoms with van der Waals surface area (Å²) in [6.07, 6.45) is 3.17. The molecule has 1 aromatic heterocycles. The van der Waals surface area contributed by atoms with Gasteiger partial charge in [0.25, 0.3) is 0 Å². The van der Waals surface area contributed by atoms with Crippen molar-refractivity contribution in [3.63, 3.8) is 0 Å². The standard InChI is InChI=1S/C22H32N4O2S.HI/c1-26(19-8-12-27-13-9-19)11-14-28-20-5-2-4-18(16-20)17-25-22(23)24-10-7-21-6-3-15-29-21;/h2-6,15-16,19H,7-14,17H2,1H3,(H3,23,24,25);1H. The van der Waals surface area contributed by atoms with Gasteiger partial charge in [-0.3, -0.25) is 4.90 Å². The van der Waals surface area contributed by atoms with Crippen molar-refractivity contribution in [1.29, 1.82) is 0 Å². The lowest BCUT2D eigenvalue weighted by Gasteiger charge is -2.31. The van der Waals surface area contributed by atoms with Crippen molar-refractivity contribution in [3.8, 4) is 5.75 Å². The highest BCUT2D eigenvalue weighted by Crippen LogP contribution is 2.16. The Hall–Kier alpha value is -1.36. The van der Waals surface area contributed by atoms with Crippen molar-refractivity contribution in [3.05, 3.63) is 52.2 Å². The van der Waals surface area contributed by atoms with Crippen molar-refractivity contribution >= 4 is 41.3 Å². The number of hydrogen-bond donors (Lipinski definition) is 2. The maximum atomic E-state index is 5.98. The van der Waals surface area contributed by atoms with Crippen molar-refractivity contribution in [2.75, 3.05) is 40.0 Å². The molecule has 0 amide bonds. The smallest absolute Gasteiger partial charge is 0.188 e. The van der Waals surface area contributed by atoms with Crippen LogP contribution in [0.2, 0.25) is 0 Å². The molecule has 8 heteroatoms.